The van der Waals surface area contributed by atoms with E-state index < -0.39 is 0 Å². The molecule has 0 radical (unpaired) electrons. The normalized spacial score (nSPS) is 16.5. The van der Waals surface area contributed by atoms with Crippen molar-refractivity contribution in [2.24, 2.45) is 0 Å². The minimum atomic E-state index is -0.159. The molecule has 6 nitrogen and oxygen atoms in total. The molecule has 2 heterocycles. The topological polar surface area (TPSA) is 59.1 Å². The van der Waals surface area contributed by atoms with Crippen molar-refractivity contribution in [2.75, 3.05) is 40.1 Å². The molecule has 0 N–H and O–H groups in total. The minimum Gasteiger partial charge on any atom is -0.497 e. The number of hydrogen-bond acceptors (Lipinski definition) is 6. The van der Waals surface area contributed by atoms with Crippen LogP contribution >= 0.6 is 23.1 Å². The van der Waals surface area contributed by atoms with Crippen LogP contribution < -0.4 is 9.47 Å². The van der Waals surface area contributed by atoms with E-state index in [1.165, 1.54) is 11.3 Å². The van der Waals surface area contributed by atoms with Crippen LogP contribution in [0.1, 0.15) is 20.6 Å². The fourth-order valence-electron chi connectivity index (χ4n) is 2.93. The maximum absolute atomic E-state index is 12.5. The molecule has 1 atom stereocenters. The molecule has 1 aromatic heterocycles. The fraction of sp³-hybridized carbons (Fsp3) is 0.368. The van der Waals surface area contributed by atoms with Crippen LogP contribution in [0.5, 0.6) is 11.5 Å². The molecule has 2 amide bonds. The van der Waals surface area contributed by atoms with Crippen molar-refractivity contribution in [3.63, 3.8) is 0 Å². The predicted molar refractivity (Wildman–Crippen MR) is 108 cm³/mol. The Kier molecular flexibility index (Phi) is 6.28. The van der Waals surface area contributed by atoms with Crippen LogP contribution in [0.2, 0.25) is 0 Å². The van der Waals surface area contributed by atoms with E-state index in [1.54, 1.807) is 42.8 Å². The molecule has 0 spiro atoms. The SMILES string of the molecule is COc1ccc(OC)c([C@H]2SCC(=O)N2CCN(C)C(=O)c2cccs2)c1. The predicted octanol–water partition coefficient (Wildman–Crippen LogP) is 3.11. The van der Waals surface area contributed by atoms with Crippen LogP contribution in [-0.2, 0) is 4.79 Å². The zero-order valence-corrected chi connectivity index (χ0v) is 17.1. The van der Waals surface area contributed by atoms with E-state index in [9.17, 15) is 9.59 Å². The highest BCUT2D eigenvalue weighted by Gasteiger charge is 2.35. The van der Waals surface area contributed by atoms with E-state index in [0.29, 0.717) is 23.7 Å². The van der Waals surface area contributed by atoms with Gasteiger partial charge in [-0.15, -0.1) is 23.1 Å². The first-order valence-electron chi connectivity index (χ1n) is 8.47. The maximum atomic E-state index is 12.5. The number of carbonyl (C=O) groups is 2. The van der Waals surface area contributed by atoms with Gasteiger partial charge < -0.3 is 19.3 Å². The van der Waals surface area contributed by atoms with Gasteiger partial charge in [-0.3, -0.25) is 9.59 Å². The lowest BCUT2D eigenvalue weighted by atomic mass is 10.1. The molecule has 1 aromatic carbocycles. The minimum absolute atomic E-state index is 0.0280. The summed E-state index contributed by atoms with van der Waals surface area (Å²) in [7, 11) is 4.99. The summed E-state index contributed by atoms with van der Waals surface area (Å²) in [6.45, 7) is 0.927. The Morgan fingerprint density at radius 1 is 1.30 bits per heavy atom. The van der Waals surface area contributed by atoms with E-state index in [4.69, 9.17) is 9.47 Å². The zero-order chi connectivity index (χ0) is 19.4. The summed E-state index contributed by atoms with van der Waals surface area (Å²) >= 11 is 2.98. The first-order valence-corrected chi connectivity index (χ1v) is 10.4. The molecule has 1 aliphatic rings. The Bertz CT molecular complexity index is 810. The Hall–Kier alpha value is -2.19. The third kappa shape index (κ3) is 4.22. The van der Waals surface area contributed by atoms with Crippen molar-refractivity contribution in [1.82, 2.24) is 9.80 Å². The van der Waals surface area contributed by atoms with E-state index in [-0.39, 0.29) is 17.2 Å². The Morgan fingerprint density at radius 3 is 2.78 bits per heavy atom. The van der Waals surface area contributed by atoms with Crippen molar-refractivity contribution in [2.45, 2.75) is 5.37 Å². The molecule has 27 heavy (non-hydrogen) atoms. The Morgan fingerprint density at radius 2 is 2.11 bits per heavy atom. The van der Waals surface area contributed by atoms with Crippen LogP contribution in [0.4, 0.5) is 0 Å². The van der Waals surface area contributed by atoms with Gasteiger partial charge in [-0.1, -0.05) is 6.07 Å². The summed E-state index contributed by atoms with van der Waals surface area (Å²) in [5, 5.41) is 1.72. The van der Waals surface area contributed by atoms with E-state index in [1.807, 2.05) is 35.7 Å². The average molecular weight is 407 g/mol. The summed E-state index contributed by atoms with van der Waals surface area (Å²) in [5.74, 6) is 1.88. The molecule has 0 aliphatic carbocycles. The van der Waals surface area contributed by atoms with Crippen LogP contribution in [0, 0.1) is 0 Å². The maximum Gasteiger partial charge on any atom is 0.263 e. The van der Waals surface area contributed by atoms with Crippen molar-refractivity contribution in [1.29, 1.82) is 0 Å². The Balaban J connectivity index is 1.74. The molecule has 1 saturated heterocycles. The molecule has 1 fully saturated rings. The third-order valence-corrected chi connectivity index (χ3v) is 6.52. The highest BCUT2D eigenvalue weighted by molar-refractivity contribution is 8.00. The second-order valence-corrected chi connectivity index (χ2v) is 8.08. The Labute approximate surface area is 167 Å². The van der Waals surface area contributed by atoms with Crippen LogP contribution in [0.3, 0.4) is 0 Å². The van der Waals surface area contributed by atoms with Gasteiger partial charge in [0.2, 0.25) is 5.91 Å². The van der Waals surface area contributed by atoms with Gasteiger partial charge in [-0.25, -0.2) is 0 Å². The van der Waals surface area contributed by atoms with Gasteiger partial charge in [0.15, 0.2) is 0 Å². The number of amides is 2. The lowest BCUT2D eigenvalue weighted by Crippen LogP contribution is -2.38. The second-order valence-electron chi connectivity index (χ2n) is 6.06. The van der Waals surface area contributed by atoms with Crippen LogP contribution in [0.25, 0.3) is 0 Å². The fourth-order valence-corrected chi connectivity index (χ4v) is 4.88. The number of hydrogen-bond donors (Lipinski definition) is 0. The third-order valence-electron chi connectivity index (χ3n) is 4.43. The largest absolute Gasteiger partial charge is 0.497 e. The van der Waals surface area contributed by atoms with E-state index in [2.05, 4.69) is 0 Å². The van der Waals surface area contributed by atoms with Crippen LogP contribution in [0.15, 0.2) is 35.7 Å². The standard InChI is InChI=1S/C19H22N2O4S2/c1-20(18(23)16-5-4-10-26-16)8-9-21-17(22)12-27-19(21)14-11-13(24-2)6-7-15(14)25-3/h4-7,10-11,19H,8-9,12H2,1-3H3/t19-/m1/s1. The number of carbonyl (C=O) groups excluding carboxylic acids is 2. The lowest BCUT2D eigenvalue weighted by Gasteiger charge is -2.28. The van der Waals surface area contributed by atoms with Gasteiger partial charge in [0.1, 0.15) is 16.9 Å². The molecule has 3 rings (SSSR count). The van der Waals surface area contributed by atoms with Crippen molar-refractivity contribution >= 4 is 34.9 Å². The van der Waals surface area contributed by atoms with Gasteiger partial charge in [-0.2, -0.15) is 0 Å². The number of likely N-dealkylation sites (N-methyl/N-ethyl adjacent to an activating group) is 1. The highest BCUT2D eigenvalue weighted by atomic mass is 32.2. The number of methoxy groups -OCH3 is 2. The highest BCUT2D eigenvalue weighted by Crippen LogP contribution is 2.43. The number of thiophene rings is 1. The zero-order valence-electron chi connectivity index (χ0n) is 15.5. The van der Waals surface area contributed by atoms with Gasteiger partial charge in [-0.05, 0) is 29.6 Å². The lowest BCUT2D eigenvalue weighted by molar-refractivity contribution is -0.128. The van der Waals surface area contributed by atoms with Crippen molar-refractivity contribution in [3.8, 4) is 11.5 Å². The summed E-state index contributed by atoms with van der Waals surface area (Å²) in [5.41, 5.74) is 0.903. The molecule has 144 valence electrons. The monoisotopic (exact) mass is 406 g/mol. The first-order chi connectivity index (χ1) is 13.0. The van der Waals surface area contributed by atoms with Gasteiger partial charge in [0.05, 0.1) is 24.8 Å². The molecule has 0 bridgehead atoms. The summed E-state index contributed by atoms with van der Waals surface area (Å²) in [4.78, 5) is 29.0. The number of rotatable bonds is 7. The van der Waals surface area contributed by atoms with Crippen molar-refractivity contribution < 1.29 is 19.1 Å². The summed E-state index contributed by atoms with van der Waals surface area (Å²) < 4.78 is 10.8. The molecule has 0 saturated carbocycles. The number of benzene rings is 1. The van der Waals surface area contributed by atoms with E-state index >= 15 is 0 Å². The van der Waals surface area contributed by atoms with Crippen molar-refractivity contribution in [3.05, 3.63) is 46.2 Å². The molecular weight excluding hydrogens is 384 g/mol. The quantitative estimate of drug-likeness (QED) is 0.707. The molecule has 0 unspecified atom stereocenters. The van der Waals surface area contributed by atoms with Gasteiger partial charge in [0.25, 0.3) is 5.91 Å². The summed E-state index contributed by atoms with van der Waals surface area (Å²) in [6.07, 6.45) is 0. The second kappa shape index (κ2) is 8.67. The van der Waals surface area contributed by atoms with Gasteiger partial charge in [0, 0.05) is 25.7 Å². The number of thioether (sulfide) groups is 1. The van der Waals surface area contributed by atoms with Gasteiger partial charge >= 0.3 is 0 Å². The van der Waals surface area contributed by atoms with Crippen LogP contribution in [-0.4, -0.2) is 61.7 Å². The summed E-state index contributed by atoms with van der Waals surface area (Å²) in [6, 6.07) is 9.26. The number of ether oxygens (including phenoxy) is 2. The molecule has 1 aliphatic heterocycles. The smallest absolute Gasteiger partial charge is 0.263 e. The molecule has 8 heteroatoms. The van der Waals surface area contributed by atoms with E-state index in [0.717, 1.165) is 17.1 Å². The first kappa shape index (κ1) is 19.6. The average Bonchev–Trinajstić information content (AvgIpc) is 3.35. The molecular formula is C19H22N2O4S2. The molecule has 2 aromatic rings. The number of nitrogens with zero attached hydrogens (tertiary/aromatic N) is 2.